The van der Waals surface area contributed by atoms with Gasteiger partial charge >= 0.3 is 5.97 Å². The minimum Gasteiger partial charge on any atom is -0.469 e. The van der Waals surface area contributed by atoms with E-state index < -0.39 is 0 Å². The second-order valence-corrected chi connectivity index (χ2v) is 5.31. The van der Waals surface area contributed by atoms with Gasteiger partial charge in [-0.05, 0) is 30.7 Å². The van der Waals surface area contributed by atoms with Crippen LogP contribution < -0.4 is 4.90 Å². The highest BCUT2D eigenvalue weighted by molar-refractivity contribution is 7.10. The molecular weight excluding hydrogens is 250 g/mol. The Hall–Kier alpha value is -1.36. The van der Waals surface area contributed by atoms with Crippen LogP contribution in [0, 0.1) is 0 Å². The first-order chi connectivity index (χ1) is 8.72. The molecule has 0 aliphatic carbocycles. The van der Waals surface area contributed by atoms with Crippen molar-refractivity contribution in [2.75, 3.05) is 18.6 Å². The summed E-state index contributed by atoms with van der Waals surface area (Å²) in [5, 5.41) is 2.02. The number of hydrogen-bond donors (Lipinski definition) is 0. The van der Waals surface area contributed by atoms with Crippen molar-refractivity contribution in [2.45, 2.75) is 32.1 Å². The first kappa shape index (κ1) is 13.1. The average molecular weight is 267 g/mol. The second kappa shape index (κ2) is 6.00. The van der Waals surface area contributed by atoms with Crippen molar-refractivity contribution in [1.29, 1.82) is 0 Å². The number of carbonyl (C=O) groups is 2. The third-order valence-electron chi connectivity index (χ3n) is 3.10. The molecule has 0 saturated carbocycles. The van der Waals surface area contributed by atoms with Crippen LogP contribution in [0.4, 0.5) is 5.69 Å². The lowest BCUT2D eigenvalue weighted by molar-refractivity contribution is -0.140. The number of ether oxygens (including phenoxy) is 1. The lowest BCUT2D eigenvalue weighted by Crippen LogP contribution is -2.31. The van der Waals surface area contributed by atoms with E-state index in [1.807, 2.05) is 16.3 Å². The Balaban J connectivity index is 2.01. The maximum atomic E-state index is 12.0. The van der Waals surface area contributed by atoms with Crippen molar-refractivity contribution in [3.8, 4) is 0 Å². The molecule has 0 bridgehead atoms. The van der Waals surface area contributed by atoms with E-state index in [1.54, 1.807) is 11.3 Å². The molecule has 0 radical (unpaired) electrons. The number of fused-ring (bicyclic) bond motifs is 1. The normalized spacial score (nSPS) is 15.2. The van der Waals surface area contributed by atoms with E-state index in [4.69, 9.17) is 0 Å². The molecular formula is C13H17NO3S. The van der Waals surface area contributed by atoms with Crippen LogP contribution in [0.25, 0.3) is 0 Å². The summed E-state index contributed by atoms with van der Waals surface area (Å²) in [5.41, 5.74) is 1.03. The molecule has 1 amide bonds. The average Bonchev–Trinajstić information content (AvgIpc) is 2.77. The highest BCUT2D eigenvalue weighted by Gasteiger charge is 2.22. The fraction of sp³-hybridized carbons (Fsp3) is 0.538. The highest BCUT2D eigenvalue weighted by Crippen LogP contribution is 2.31. The number of aryl methyl sites for hydroxylation is 1. The maximum Gasteiger partial charge on any atom is 0.305 e. The third-order valence-corrected chi connectivity index (χ3v) is 4.07. The Kier molecular flexibility index (Phi) is 4.36. The fourth-order valence-corrected chi connectivity index (χ4v) is 3.08. The van der Waals surface area contributed by atoms with Crippen LogP contribution in [-0.4, -0.2) is 25.5 Å². The van der Waals surface area contributed by atoms with E-state index in [2.05, 4.69) is 4.74 Å². The number of nitrogens with zero attached hydrogens (tertiary/aromatic N) is 1. The molecule has 1 aromatic heterocycles. The molecule has 1 aliphatic heterocycles. The molecule has 5 heteroatoms. The molecule has 0 spiro atoms. The first-order valence-electron chi connectivity index (χ1n) is 6.16. The van der Waals surface area contributed by atoms with Crippen LogP contribution in [-0.2, 0) is 20.7 Å². The van der Waals surface area contributed by atoms with Gasteiger partial charge in [0.2, 0.25) is 5.91 Å². The van der Waals surface area contributed by atoms with Gasteiger partial charge in [0, 0.05) is 24.3 Å². The number of amides is 1. The third kappa shape index (κ3) is 2.90. The van der Waals surface area contributed by atoms with Crippen LogP contribution in [0.15, 0.2) is 11.4 Å². The quantitative estimate of drug-likeness (QED) is 0.787. The Morgan fingerprint density at radius 1 is 1.50 bits per heavy atom. The van der Waals surface area contributed by atoms with Crippen molar-refractivity contribution >= 4 is 28.9 Å². The van der Waals surface area contributed by atoms with Crippen molar-refractivity contribution in [1.82, 2.24) is 0 Å². The Morgan fingerprint density at radius 2 is 2.33 bits per heavy atom. The van der Waals surface area contributed by atoms with Gasteiger partial charge in [0.05, 0.1) is 12.8 Å². The van der Waals surface area contributed by atoms with Crippen molar-refractivity contribution in [3.05, 3.63) is 16.3 Å². The smallest absolute Gasteiger partial charge is 0.305 e. The Morgan fingerprint density at radius 3 is 3.11 bits per heavy atom. The first-order valence-corrected chi connectivity index (χ1v) is 7.04. The summed E-state index contributed by atoms with van der Waals surface area (Å²) in [7, 11) is 1.39. The van der Waals surface area contributed by atoms with Gasteiger partial charge in [0.15, 0.2) is 0 Å². The number of methoxy groups -OCH3 is 1. The van der Waals surface area contributed by atoms with Crippen LogP contribution in [0.5, 0.6) is 0 Å². The van der Waals surface area contributed by atoms with Gasteiger partial charge < -0.3 is 9.64 Å². The molecule has 0 fully saturated rings. The summed E-state index contributed by atoms with van der Waals surface area (Å²) in [5.74, 6) is -0.0557. The molecule has 0 atom stereocenters. The second-order valence-electron chi connectivity index (χ2n) is 4.31. The minimum atomic E-state index is -0.220. The van der Waals surface area contributed by atoms with Crippen LogP contribution in [0.3, 0.4) is 0 Å². The summed E-state index contributed by atoms with van der Waals surface area (Å²) in [6.07, 6.45) is 3.50. The zero-order valence-electron chi connectivity index (χ0n) is 10.5. The van der Waals surface area contributed by atoms with Gasteiger partial charge in [-0.3, -0.25) is 9.59 Å². The van der Waals surface area contributed by atoms with E-state index in [9.17, 15) is 9.59 Å². The maximum absolute atomic E-state index is 12.0. The molecule has 2 rings (SSSR count). The number of thiophene rings is 1. The summed E-state index contributed by atoms with van der Waals surface area (Å²) in [6.45, 7) is 0.595. The van der Waals surface area contributed by atoms with E-state index >= 15 is 0 Å². The van der Waals surface area contributed by atoms with Crippen LogP contribution >= 0.6 is 11.3 Å². The number of anilines is 1. The predicted molar refractivity (Wildman–Crippen MR) is 70.9 cm³/mol. The van der Waals surface area contributed by atoms with Gasteiger partial charge in [-0.1, -0.05) is 0 Å². The molecule has 18 heavy (non-hydrogen) atoms. The summed E-state index contributed by atoms with van der Waals surface area (Å²) in [4.78, 5) is 26.2. The Bertz CT molecular complexity index is 441. The molecule has 0 aromatic carbocycles. The van der Waals surface area contributed by atoms with Crippen LogP contribution in [0.1, 0.15) is 30.6 Å². The lowest BCUT2D eigenvalue weighted by Gasteiger charge is -2.20. The summed E-state index contributed by atoms with van der Waals surface area (Å²) < 4.78 is 4.61. The minimum absolute atomic E-state index is 0.164. The molecule has 2 heterocycles. The molecule has 1 aromatic rings. The van der Waals surface area contributed by atoms with Gasteiger partial charge in [0.25, 0.3) is 0 Å². The van der Waals surface area contributed by atoms with Crippen molar-refractivity contribution in [2.24, 2.45) is 0 Å². The van der Waals surface area contributed by atoms with E-state index in [0.29, 0.717) is 25.8 Å². The van der Waals surface area contributed by atoms with E-state index in [1.165, 1.54) is 12.0 Å². The van der Waals surface area contributed by atoms with Crippen molar-refractivity contribution < 1.29 is 14.3 Å². The fourth-order valence-electron chi connectivity index (χ4n) is 2.16. The molecule has 4 nitrogen and oxygen atoms in total. The van der Waals surface area contributed by atoms with E-state index in [0.717, 1.165) is 18.5 Å². The lowest BCUT2D eigenvalue weighted by atomic mass is 10.2. The van der Waals surface area contributed by atoms with Crippen LogP contribution in [0.2, 0.25) is 0 Å². The van der Waals surface area contributed by atoms with Gasteiger partial charge in [-0.2, -0.15) is 0 Å². The predicted octanol–water partition coefficient (Wildman–Crippen LogP) is 2.37. The zero-order valence-corrected chi connectivity index (χ0v) is 11.3. The molecule has 0 saturated heterocycles. The van der Waals surface area contributed by atoms with Crippen molar-refractivity contribution in [3.63, 3.8) is 0 Å². The van der Waals surface area contributed by atoms with Gasteiger partial charge in [0.1, 0.15) is 0 Å². The number of carbonyl (C=O) groups excluding carboxylic acids is 2. The summed E-state index contributed by atoms with van der Waals surface area (Å²) in [6, 6.07) is 2.00. The SMILES string of the molecule is COC(=O)CCCN1C(=O)CCCc2sccc21. The number of esters is 1. The molecule has 0 unspecified atom stereocenters. The standard InChI is InChI=1S/C13H17NO3S/c1-17-13(16)6-3-8-14-10-7-9-18-11(10)4-2-5-12(14)15/h7,9H,2-6,8H2,1H3. The Labute approximate surface area is 111 Å². The monoisotopic (exact) mass is 267 g/mol. The topological polar surface area (TPSA) is 46.6 Å². The van der Waals surface area contributed by atoms with Gasteiger partial charge in [-0.25, -0.2) is 0 Å². The number of rotatable bonds is 4. The number of hydrogen-bond acceptors (Lipinski definition) is 4. The zero-order chi connectivity index (χ0) is 13.0. The largest absolute Gasteiger partial charge is 0.469 e. The van der Waals surface area contributed by atoms with E-state index in [-0.39, 0.29) is 11.9 Å². The molecule has 0 N–H and O–H groups in total. The molecule has 98 valence electrons. The highest BCUT2D eigenvalue weighted by atomic mass is 32.1. The summed E-state index contributed by atoms with van der Waals surface area (Å²) >= 11 is 1.70. The molecule has 1 aliphatic rings. The van der Waals surface area contributed by atoms with Gasteiger partial charge in [-0.15, -0.1) is 11.3 Å².